The Balaban J connectivity index is 2.62. The van der Waals surface area contributed by atoms with E-state index in [-0.39, 0.29) is 12.4 Å². The molecular formula is C8H9F2N. The summed E-state index contributed by atoms with van der Waals surface area (Å²) in [5.41, 5.74) is 0.352. The first-order valence-corrected chi connectivity index (χ1v) is 3.39. The molecule has 60 valence electrons. The van der Waals surface area contributed by atoms with Gasteiger partial charge in [-0.25, -0.2) is 8.78 Å². The van der Waals surface area contributed by atoms with Crippen LogP contribution in [0.5, 0.6) is 0 Å². The highest BCUT2D eigenvalue weighted by Crippen LogP contribution is 2.11. The number of alkyl halides is 1. The van der Waals surface area contributed by atoms with Crippen LogP contribution in [0.25, 0.3) is 0 Å². The topological polar surface area (TPSA) is 12.0 Å². The second kappa shape index (κ2) is 3.91. The molecule has 0 aromatic heterocycles. The highest BCUT2D eigenvalue weighted by Gasteiger charge is 1.96. The van der Waals surface area contributed by atoms with E-state index >= 15 is 0 Å². The number of hydrogen-bond donors (Lipinski definition) is 1. The van der Waals surface area contributed by atoms with E-state index in [0.717, 1.165) is 0 Å². The molecule has 0 spiro atoms. The van der Waals surface area contributed by atoms with E-state index in [1.54, 1.807) is 18.2 Å². The third-order valence-electron chi connectivity index (χ3n) is 1.28. The molecule has 0 unspecified atom stereocenters. The molecule has 0 saturated heterocycles. The van der Waals surface area contributed by atoms with Crippen molar-refractivity contribution in [1.29, 1.82) is 0 Å². The molecule has 11 heavy (non-hydrogen) atoms. The maximum absolute atomic E-state index is 12.7. The van der Waals surface area contributed by atoms with Crippen LogP contribution in [0.3, 0.4) is 0 Å². The van der Waals surface area contributed by atoms with E-state index in [0.29, 0.717) is 5.69 Å². The van der Waals surface area contributed by atoms with Gasteiger partial charge in [-0.05, 0) is 12.1 Å². The Hall–Kier alpha value is -1.12. The second-order valence-corrected chi connectivity index (χ2v) is 2.10. The van der Waals surface area contributed by atoms with Gasteiger partial charge in [0, 0.05) is 6.54 Å². The van der Waals surface area contributed by atoms with Gasteiger partial charge in [0.25, 0.3) is 0 Å². The van der Waals surface area contributed by atoms with E-state index < -0.39 is 6.67 Å². The van der Waals surface area contributed by atoms with Gasteiger partial charge in [-0.15, -0.1) is 0 Å². The summed E-state index contributed by atoms with van der Waals surface area (Å²) in [5.74, 6) is -0.346. The van der Waals surface area contributed by atoms with E-state index in [9.17, 15) is 8.78 Å². The molecule has 0 radical (unpaired) electrons. The SMILES string of the molecule is FCCNc1ccccc1F. The molecule has 0 saturated carbocycles. The molecule has 0 atom stereocenters. The van der Waals surface area contributed by atoms with Crippen molar-refractivity contribution in [2.45, 2.75) is 0 Å². The van der Waals surface area contributed by atoms with Crippen LogP contribution >= 0.6 is 0 Å². The molecule has 0 bridgehead atoms. The van der Waals surface area contributed by atoms with Crippen LogP contribution in [0, 0.1) is 5.82 Å². The lowest BCUT2D eigenvalue weighted by atomic mass is 10.3. The Morgan fingerprint density at radius 2 is 2.00 bits per heavy atom. The van der Waals surface area contributed by atoms with Crippen molar-refractivity contribution in [3.8, 4) is 0 Å². The molecule has 0 amide bonds. The van der Waals surface area contributed by atoms with Crippen molar-refractivity contribution in [3.63, 3.8) is 0 Å². The third-order valence-corrected chi connectivity index (χ3v) is 1.28. The summed E-state index contributed by atoms with van der Waals surface area (Å²) in [4.78, 5) is 0. The van der Waals surface area contributed by atoms with E-state index in [2.05, 4.69) is 5.32 Å². The summed E-state index contributed by atoms with van der Waals surface area (Å²) in [6, 6.07) is 6.20. The maximum atomic E-state index is 12.7. The fourth-order valence-electron chi connectivity index (χ4n) is 0.786. The number of nitrogens with one attached hydrogen (secondary N) is 1. The van der Waals surface area contributed by atoms with E-state index in [1.807, 2.05) is 0 Å². The number of halogens is 2. The van der Waals surface area contributed by atoms with Crippen LogP contribution in [-0.2, 0) is 0 Å². The molecule has 0 aliphatic heterocycles. The average Bonchev–Trinajstić information content (AvgIpc) is 2.03. The summed E-state index contributed by atoms with van der Waals surface area (Å²) in [6.45, 7) is -0.338. The van der Waals surface area contributed by atoms with Crippen LogP contribution in [0.1, 0.15) is 0 Å². The molecular weight excluding hydrogens is 148 g/mol. The number of anilines is 1. The lowest BCUT2D eigenvalue weighted by Crippen LogP contribution is -2.04. The number of hydrogen-bond acceptors (Lipinski definition) is 1. The fourth-order valence-corrected chi connectivity index (χ4v) is 0.786. The summed E-state index contributed by atoms with van der Waals surface area (Å²) in [5, 5.41) is 2.61. The minimum absolute atomic E-state index is 0.154. The molecule has 1 nitrogen and oxygen atoms in total. The number of para-hydroxylation sites is 1. The van der Waals surface area contributed by atoms with Crippen molar-refractivity contribution in [2.24, 2.45) is 0 Å². The quantitative estimate of drug-likeness (QED) is 0.709. The predicted molar refractivity (Wildman–Crippen MR) is 40.9 cm³/mol. The maximum Gasteiger partial charge on any atom is 0.146 e. The van der Waals surface area contributed by atoms with Crippen LogP contribution < -0.4 is 5.32 Å². The van der Waals surface area contributed by atoms with Gasteiger partial charge in [-0.1, -0.05) is 12.1 Å². The van der Waals surface area contributed by atoms with Crippen molar-refractivity contribution >= 4 is 5.69 Å². The minimum Gasteiger partial charge on any atom is -0.380 e. The third kappa shape index (κ3) is 2.18. The smallest absolute Gasteiger partial charge is 0.146 e. The van der Waals surface area contributed by atoms with Gasteiger partial charge >= 0.3 is 0 Å². The molecule has 0 aliphatic rings. The molecule has 3 heteroatoms. The Labute approximate surface area is 64.0 Å². The molecule has 1 rings (SSSR count). The molecule has 0 fully saturated rings. The average molecular weight is 157 g/mol. The molecule has 1 N–H and O–H groups in total. The lowest BCUT2D eigenvalue weighted by Gasteiger charge is -2.03. The van der Waals surface area contributed by atoms with Crippen LogP contribution in [0.15, 0.2) is 24.3 Å². The first-order valence-electron chi connectivity index (χ1n) is 3.39. The normalized spacial score (nSPS) is 9.64. The van der Waals surface area contributed by atoms with Gasteiger partial charge < -0.3 is 5.32 Å². The largest absolute Gasteiger partial charge is 0.380 e. The fraction of sp³-hybridized carbons (Fsp3) is 0.250. The van der Waals surface area contributed by atoms with Gasteiger partial charge in [0.2, 0.25) is 0 Å². The summed E-state index contributed by atoms with van der Waals surface area (Å²) >= 11 is 0. The summed E-state index contributed by atoms with van der Waals surface area (Å²) < 4.78 is 24.4. The predicted octanol–water partition coefficient (Wildman–Crippen LogP) is 2.21. The molecule has 0 heterocycles. The first-order chi connectivity index (χ1) is 5.34. The van der Waals surface area contributed by atoms with E-state index in [1.165, 1.54) is 6.07 Å². The number of benzene rings is 1. The van der Waals surface area contributed by atoms with Crippen molar-refractivity contribution in [2.75, 3.05) is 18.5 Å². The minimum atomic E-state index is -0.492. The lowest BCUT2D eigenvalue weighted by molar-refractivity contribution is 0.511. The van der Waals surface area contributed by atoms with E-state index in [4.69, 9.17) is 0 Å². The van der Waals surface area contributed by atoms with Gasteiger partial charge in [0.1, 0.15) is 12.5 Å². The van der Waals surface area contributed by atoms with Crippen molar-refractivity contribution in [3.05, 3.63) is 30.1 Å². The zero-order chi connectivity index (χ0) is 8.10. The van der Waals surface area contributed by atoms with Crippen LogP contribution in [0.2, 0.25) is 0 Å². The molecule has 0 aliphatic carbocycles. The Bertz CT molecular complexity index is 225. The summed E-state index contributed by atoms with van der Waals surface area (Å²) in [6.07, 6.45) is 0. The second-order valence-electron chi connectivity index (χ2n) is 2.10. The first kappa shape index (κ1) is 7.98. The van der Waals surface area contributed by atoms with Gasteiger partial charge in [0.15, 0.2) is 0 Å². The van der Waals surface area contributed by atoms with Gasteiger partial charge in [-0.2, -0.15) is 0 Å². The van der Waals surface area contributed by atoms with Gasteiger partial charge in [0.05, 0.1) is 5.69 Å². The Kier molecular flexibility index (Phi) is 2.83. The standard InChI is InChI=1S/C8H9F2N/c9-5-6-11-8-4-2-1-3-7(8)10/h1-4,11H,5-6H2. The number of rotatable bonds is 3. The van der Waals surface area contributed by atoms with Crippen molar-refractivity contribution < 1.29 is 8.78 Å². The summed E-state index contributed by atoms with van der Waals surface area (Å²) in [7, 11) is 0. The Morgan fingerprint density at radius 1 is 1.27 bits per heavy atom. The highest BCUT2D eigenvalue weighted by atomic mass is 19.1. The van der Waals surface area contributed by atoms with Crippen molar-refractivity contribution in [1.82, 2.24) is 0 Å². The highest BCUT2D eigenvalue weighted by molar-refractivity contribution is 5.44. The zero-order valence-electron chi connectivity index (χ0n) is 5.98. The van der Waals surface area contributed by atoms with Gasteiger partial charge in [-0.3, -0.25) is 0 Å². The van der Waals surface area contributed by atoms with Crippen LogP contribution in [-0.4, -0.2) is 13.2 Å². The monoisotopic (exact) mass is 157 g/mol. The Morgan fingerprint density at radius 3 is 2.64 bits per heavy atom. The zero-order valence-corrected chi connectivity index (χ0v) is 5.98. The molecule has 1 aromatic rings. The molecule has 1 aromatic carbocycles. The van der Waals surface area contributed by atoms with Crippen LogP contribution in [0.4, 0.5) is 14.5 Å².